The van der Waals surface area contributed by atoms with Gasteiger partial charge in [-0.2, -0.15) is 0 Å². The highest BCUT2D eigenvalue weighted by atomic mass is 16.4. The molecule has 3 amide bonds. The van der Waals surface area contributed by atoms with Crippen LogP contribution in [0, 0.1) is 5.92 Å². The molecule has 82 valence electrons. The molecule has 1 aliphatic carbocycles. The monoisotopic (exact) mass is 212 g/mol. The highest BCUT2D eigenvalue weighted by molar-refractivity contribution is 6.08. The van der Waals surface area contributed by atoms with Gasteiger partial charge in [0.2, 0.25) is 0 Å². The first-order valence-corrected chi connectivity index (χ1v) is 4.81. The van der Waals surface area contributed by atoms with Crippen molar-refractivity contribution in [2.24, 2.45) is 5.92 Å². The molecule has 15 heavy (non-hydrogen) atoms. The van der Waals surface area contributed by atoms with E-state index in [1.165, 1.54) is 0 Å². The minimum Gasteiger partial charge on any atom is -0.480 e. The Morgan fingerprint density at radius 2 is 2.20 bits per heavy atom. The molecule has 2 rings (SSSR count). The fourth-order valence-corrected chi connectivity index (χ4v) is 1.93. The van der Waals surface area contributed by atoms with Gasteiger partial charge in [-0.05, 0) is 25.7 Å². The van der Waals surface area contributed by atoms with Crippen molar-refractivity contribution in [2.45, 2.75) is 25.3 Å². The van der Waals surface area contributed by atoms with Crippen LogP contribution in [-0.2, 0) is 9.59 Å². The normalized spacial score (nSPS) is 30.6. The van der Waals surface area contributed by atoms with Crippen molar-refractivity contribution in [2.75, 3.05) is 6.54 Å². The first-order chi connectivity index (χ1) is 6.95. The van der Waals surface area contributed by atoms with Crippen molar-refractivity contribution in [3.63, 3.8) is 0 Å². The minimum absolute atomic E-state index is 0.160. The molecular formula is C9H12N2O4. The lowest BCUT2D eigenvalue weighted by Crippen LogP contribution is -2.46. The average molecular weight is 212 g/mol. The van der Waals surface area contributed by atoms with Gasteiger partial charge in [-0.25, -0.2) is 4.79 Å². The molecule has 1 aliphatic heterocycles. The second kappa shape index (κ2) is 2.95. The van der Waals surface area contributed by atoms with Crippen molar-refractivity contribution >= 4 is 17.9 Å². The van der Waals surface area contributed by atoms with Crippen molar-refractivity contribution in [1.29, 1.82) is 0 Å². The number of imide groups is 1. The van der Waals surface area contributed by atoms with E-state index < -0.39 is 30.0 Å². The Balaban J connectivity index is 2.18. The van der Waals surface area contributed by atoms with Crippen molar-refractivity contribution in [1.82, 2.24) is 10.2 Å². The fraction of sp³-hybridized carbons (Fsp3) is 0.667. The molecule has 2 N–H and O–H groups in total. The summed E-state index contributed by atoms with van der Waals surface area (Å²) in [4.78, 5) is 34.5. The van der Waals surface area contributed by atoms with E-state index in [9.17, 15) is 14.4 Å². The summed E-state index contributed by atoms with van der Waals surface area (Å²) in [5.41, 5.74) is -0.882. The van der Waals surface area contributed by atoms with Gasteiger partial charge in [-0.3, -0.25) is 14.5 Å². The third-order valence-electron chi connectivity index (χ3n) is 2.99. The van der Waals surface area contributed by atoms with E-state index in [2.05, 4.69) is 5.32 Å². The van der Waals surface area contributed by atoms with Gasteiger partial charge >= 0.3 is 12.0 Å². The van der Waals surface area contributed by atoms with Crippen LogP contribution in [-0.4, -0.2) is 40.0 Å². The van der Waals surface area contributed by atoms with Gasteiger partial charge in [-0.1, -0.05) is 0 Å². The standard InChI is InChI=1S/C9H12N2O4/c1-9(5-2-3-5)7(14)11(4-6(12)13)8(15)10-9/h5H,2-4H2,1H3,(H,10,15)(H,12,13)/t9-/m1/s1. The van der Waals surface area contributed by atoms with Crippen molar-refractivity contribution < 1.29 is 19.5 Å². The Labute approximate surface area is 86.2 Å². The Kier molecular flexibility index (Phi) is 1.95. The Morgan fingerprint density at radius 1 is 1.60 bits per heavy atom. The quantitative estimate of drug-likeness (QED) is 0.634. The van der Waals surface area contributed by atoms with Crippen LogP contribution >= 0.6 is 0 Å². The number of hydrogen-bond acceptors (Lipinski definition) is 3. The largest absolute Gasteiger partial charge is 0.480 e. The Bertz CT molecular complexity index is 350. The molecule has 0 unspecified atom stereocenters. The lowest BCUT2D eigenvalue weighted by Gasteiger charge is -2.20. The molecule has 6 nitrogen and oxygen atoms in total. The summed E-state index contributed by atoms with van der Waals surface area (Å²) in [6.07, 6.45) is 1.81. The SMILES string of the molecule is C[C@]1(C2CC2)NC(=O)N(CC(=O)O)C1=O. The Morgan fingerprint density at radius 3 is 2.67 bits per heavy atom. The first kappa shape index (κ1) is 9.95. The number of rotatable bonds is 3. The summed E-state index contributed by atoms with van der Waals surface area (Å²) < 4.78 is 0. The predicted octanol–water partition coefficient (Wildman–Crippen LogP) is -0.209. The summed E-state index contributed by atoms with van der Waals surface area (Å²) in [5, 5.41) is 11.1. The molecule has 2 fully saturated rings. The number of carbonyl (C=O) groups excluding carboxylic acids is 2. The van der Waals surface area contributed by atoms with E-state index in [0.29, 0.717) is 0 Å². The molecule has 1 atom stereocenters. The molecule has 0 aromatic carbocycles. The van der Waals surface area contributed by atoms with E-state index in [4.69, 9.17) is 5.11 Å². The van der Waals surface area contributed by atoms with Crippen LogP contribution in [0.1, 0.15) is 19.8 Å². The van der Waals surface area contributed by atoms with Crippen LogP contribution in [0.3, 0.4) is 0 Å². The lowest BCUT2D eigenvalue weighted by molar-refractivity contribution is -0.142. The van der Waals surface area contributed by atoms with Crippen LogP contribution in [0.25, 0.3) is 0 Å². The molecule has 0 radical (unpaired) electrons. The van der Waals surface area contributed by atoms with Crippen LogP contribution in [0.15, 0.2) is 0 Å². The number of aliphatic carboxylic acids is 1. The van der Waals surface area contributed by atoms with Crippen molar-refractivity contribution in [3.05, 3.63) is 0 Å². The molecule has 6 heteroatoms. The second-order valence-corrected chi connectivity index (χ2v) is 4.19. The van der Waals surface area contributed by atoms with Gasteiger partial charge in [0.1, 0.15) is 12.1 Å². The summed E-state index contributed by atoms with van der Waals surface area (Å²) in [6.45, 7) is 1.10. The highest BCUT2D eigenvalue weighted by Gasteiger charge is 2.56. The highest BCUT2D eigenvalue weighted by Crippen LogP contribution is 2.42. The maximum absolute atomic E-state index is 11.8. The lowest BCUT2D eigenvalue weighted by atomic mass is 9.96. The molecule has 1 saturated heterocycles. The maximum atomic E-state index is 11.8. The van der Waals surface area contributed by atoms with Crippen LogP contribution in [0.5, 0.6) is 0 Å². The number of nitrogens with one attached hydrogen (secondary N) is 1. The van der Waals surface area contributed by atoms with Crippen LogP contribution in [0.2, 0.25) is 0 Å². The van der Waals surface area contributed by atoms with Gasteiger partial charge in [-0.15, -0.1) is 0 Å². The third-order valence-corrected chi connectivity index (χ3v) is 2.99. The molecule has 2 aliphatic rings. The molecule has 0 aromatic heterocycles. The van der Waals surface area contributed by atoms with E-state index in [1.54, 1.807) is 6.92 Å². The van der Waals surface area contributed by atoms with Gasteiger partial charge in [0.25, 0.3) is 5.91 Å². The fourth-order valence-electron chi connectivity index (χ4n) is 1.93. The van der Waals surface area contributed by atoms with E-state index >= 15 is 0 Å². The molecule has 0 bridgehead atoms. The molecule has 0 spiro atoms. The van der Waals surface area contributed by atoms with Crippen molar-refractivity contribution in [3.8, 4) is 0 Å². The van der Waals surface area contributed by atoms with E-state index in [1.807, 2.05) is 0 Å². The van der Waals surface area contributed by atoms with Gasteiger partial charge < -0.3 is 10.4 Å². The van der Waals surface area contributed by atoms with E-state index in [-0.39, 0.29) is 5.92 Å². The van der Waals surface area contributed by atoms with Crippen LogP contribution < -0.4 is 5.32 Å². The number of urea groups is 1. The zero-order valence-electron chi connectivity index (χ0n) is 8.32. The zero-order valence-corrected chi connectivity index (χ0v) is 8.32. The number of nitrogens with zero attached hydrogens (tertiary/aromatic N) is 1. The minimum atomic E-state index is -1.18. The predicted molar refractivity (Wildman–Crippen MR) is 49.0 cm³/mol. The zero-order chi connectivity index (χ0) is 11.2. The summed E-state index contributed by atoms with van der Waals surface area (Å²) >= 11 is 0. The second-order valence-electron chi connectivity index (χ2n) is 4.19. The topological polar surface area (TPSA) is 86.7 Å². The number of carboxylic acids is 1. The molecule has 0 aromatic rings. The molecular weight excluding hydrogens is 200 g/mol. The van der Waals surface area contributed by atoms with Gasteiger partial charge in [0.05, 0.1) is 0 Å². The van der Waals surface area contributed by atoms with E-state index in [0.717, 1.165) is 17.7 Å². The Hall–Kier alpha value is -1.59. The summed E-state index contributed by atoms with van der Waals surface area (Å²) in [6, 6.07) is -0.600. The molecule has 1 heterocycles. The number of amides is 3. The number of carboxylic acid groups (broad SMARTS) is 1. The molecule has 1 saturated carbocycles. The van der Waals surface area contributed by atoms with Gasteiger partial charge in [0, 0.05) is 0 Å². The smallest absolute Gasteiger partial charge is 0.325 e. The summed E-state index contributed by atoms with van der Waals surface area (Å²) in [5.74, 6) is -1.44. The van der Waals surface area contributed by atoms with Gasteiger partial charge in [0.15, 0.2) is 0 Å². The maximum Gasteiger partial charge on any atom is 0.325 e. The van der Waals surface area contributed by atoms with Crippen LogP contribution in [0.4, 0.5) is 4.79 Å². The summed E-state index contributed by atoms with van der Waals surface area (Å²) in [7, 11) is 0. The number of carbonyl (C=O) groups is 3. The number of hydrogen-bond donors (Lipinski definition) is 2. The third kappa shape index (κ3) is 1.45. The average Bonchev–Trinajstić information content (AvgIpc) is 2.92. The first-order valence-electron chi connectivity index (χ1n) is 4.81.